The van der Waals surface area contributed by atoms with Gasteiger partial charge in [-0.25, -0.2) is 4.98 Å². The van der Waals surface area contributed by atoms with Crippen LogP contribution in [0.2, 0.25) is 0 Å². The fourth-order valence-electron chi connectivity index (χ4n) is 1.98. The van der Waals surface area contributed by atoms with Gasteiger partial charge in [0.2, 0.25) is 0 Å². The quantitative estimate of drug-likeness (QED) is 0.754. The van der Waals surface area contributed by atoms with Gasteiger partial charge in [0.1, 0.15) is 5.75 Å². The number of aliphatic imine (C=N–C) groups is 1. The van der Waals surface area contributed by atoms with Crippen LogP contribution in [0.4, 0.5) is 0 Å². The summed E-state index contributed by atoms with van der Waals surface area (Å²) in [5, 5.41) is 1.01. The van der Waals surface area contributed by atoms with Gasteiger partial charge in [0.25, 0.3) is 0 Å². The Labute approximate surface area is 129 Å². The van der Waals surface area contributed by atoms with Crippen LogP contribution in [-0.4, -0.2) is 17.8 Å². The van der Waals surface area contributed by atoms with Crippen molar-refractivity contribution in [2.45, 2.75) is 13.8 Å². The van der Waals surface area contributed by atoms with E-state index in [0.29, 0.717) is 0 Å². The molecule has 1 heterocycles. The molecule has 0 bridgehead atoms. The predicted molar refractivity (Wildman–Crippen MR) is 90.4 cm³/mol. The number of methoxy groups -OCH3 is 1. The van der Waals surface area contributed by atoms with Crippen LogP contribution in [0, 0.1) is 6.92 Å². The Morgan fingerprint density at radius 3 is 2.62 bits per heavy atom. The zero-order chi connectivity index (χ0) is 15.2. The fourth-order valence-corrected chi connectivity index (χ4v) is 2.90. The lowest BCUT2D eigenvalue weighted by Gasteiger charge is -2.04. The van der Waals surface area contributed by atoms with Crippen molar-refractivity contribution in [3.8, 4) is 17.0 Å². The number of hydrogen-bond donors (Lipinski definition) is 0. The molecule has 0 atom stereocenters. The first-order chi connectivity index (χ1) is 10.2. The summed E-state index contributed by atoms with van der Waals surface area (Å²) in [6, 6.07) is 7.90. The van der Waals surface area contributed by atoms with Crippen LogP contribution in [0.5, 0.6) is 5.75 Å². The van der Waals surface area contributed by atoms with E-state index < -0.39 is 0 Å². The molecule has 0 aliphatic rings. The number of ether oxygens (including phenoxy) is 1. The molecule has 2 aromatic rings. The molecule has 2 rings (SSSR count). The number of thiazole rings is 1. The molecule has 0 amide bonds. The second-order valence-corrected chi connectivity index (χ2v) is 5.54. The number of allylic oxidation sites excluding steroid dienone is 2. The summed E-state index contributed by atoms with van der Waals surface area (Å²) in [5.41, 5.74) is 2.87. The summed E-state index contributed by atoms with van der Waals surface area (Å²) in [5.74, 6) is 0.834. The SMILES string of the molecule is C=CN=C(/C=C\C)c1sc(C)nc1-c1ccc(OC)cc1. The highest BCUT2D eigenvalue weighted by Gasteiger charge is 2.14. The Morgan fingerprint density at radius 1 is 1.33 bits per heavy atom. The van der Waals surface area contributed by atoms with Crippen molar-refractivity contribution >= 4 is 17.0 Å². The lowest BCUT2D eigenvalue weighted by atomic mass is 10.1. The molecule has 108 valence electrons. The highest BCUT2D eigenvalue weighted by atomic mass is 32.1. The minimum absolute atomic E-state index is 0.834. The van der Waals surface area contributed by atoms with Gasteiger partial charge in [-0.3, -0.25) is 4.99 Å². The molecule has 0 spiro atoms. The first-order valence-electron chi connectivity index (χ1n) is 6.63. The van der Waals surface area contributed by atoms with E-state index in [2.05, 4.69) is 16.6 Å². The third kappa shape index (κ3) is 3.47. The van der Waals surface area contributed by atoms with Gasteiger partial charge in [-0.05, 0) is 44.2 Å². The van der Waals surface area contributed by atoms with Crippen LogP contribution in [0.1, 0.15) is 16.8 Å². The number of aromatic nitrogens is 1. The number of rotatable bonds is 5. The van der Waals surface area contributed by atoms with Gasteiger partial charge in [-0.1, -0.05) is 12.7 Å². The van der Waals surface area contributed by atoms with E-state index >= 15 is 0 Å². The molecule has 4 heteroatoms. The average molecular weight is 298 g/mol. The van der Waals surface area contributed by atoms with E-state index in [9.17, 15) is 0 Å². The highest BCUT2D eigenvalue weighted by Crippen LogP contribution is 2.30. The summed E-state index contributed by atoms with van der Waals surface area (Å²) in [6.45, 7) is 7.66. The Kier molecular flexibility index (Phi) is 5.06. The lowest BCUT2D eigenvalue weighted by molar-refractivity contribution is 0.415. The standard InChI is InChI=1S/C17H18N2OS/c1-5-7-15(18-6-2)17-16(19-12(3)21-17)13-8-10-14(20-4)11-9-13/h5-11H,2H2,1,3-4H3/b7-5-,18-15?. The molecule has 0 saturated carbocycles. The van der Waals surface area contributed by atoms with Crippen LogP contribution in [0.25, 0.3) is 11.3 Å². The van der Waals surface area contributed by atoms with Gasteiger partial charge in [-0.2, -0.15) is 0 Å². The van der Waals surface area contributed by atoms with Gasteiger partial charge >= 0.3 is 0 Å². The molecular weight excluding hydrogens is 280 g/mol. The summed E-state index contributed by atoms with van der Waals surface area (Å²) in [6.07, 6.45) is 5.50. The molecule has 0 aliphatic carbocycles. The highest BCUT2D eigenvalue weighted by molar-refractivity contribution is 7.14. The van der Waals surface area contributed by atoms with Gasteiger partial charge in [-0.15, -0.1) is 11.3 Å². The van der Waals surface area contributed by atoms with E-state index in [-0.39, 0.29) is 0 Å². The number of nitrogens with zero attached hydrogens (tertiary/aromatic N) is 2. The third-order valence-electron chi connectivity index (χ3n) is 2.89. The maximum absolute atomic E-state index is 5.20. The van der Waals surface area contributed by atoms with Crippen molar-refractivity contribution in [3.05, 3.63) is 59.1 Å². The van der Waals surface area contributed by atoms with Crippen LogP contribution < -0.4 is 4.74 Å². The Bertz CT molecular complexity index is 681. The fraction of sp³-hybridized carbons (Fsp3) is 0.176. The van der Waals surface area contributed by atoms with Gasteiger partial charge < -0.3 is 4.74 Å². The van der Waals surface area contributed by atoms with Crippen molar-refractivity contribution in [2.24, 2.45) is 4.99 Å². The van der Waals surface area contributed by atoms with Crippen molar-refractivity contribution in [1.29, 1.82) is 0 Å². The first kappa shape index (κ1) is 15.2. The second kappa shape index (κ2) is 6.99. The van der Waals surface area contributed by atoms with Crippen LogP contribution in [0.3, 0.4) is 0 Å². The van der Waals surface area contributed by atoms with Crippen LogP contribution >= 0.6 is 11.3 Å². The van der Waals surface area contributed by atoms with Crippen LogP contribution in [0.15, 0.2) is 54.2 Å². The molecule has 0 radical (unpaired) electrons. The van der Waals surface area contributed by atoms with Crippen molar-refractivity contribution in [1.82, 2.24) is 4.98 Å². The molecular formula is C17H18N2OS. The first-order valence-corrected chi connectivity index (χ1v) is 7.45. The van der Waals surface area contributed by atoms with E-state index in [1.807, 2.05) is 50.3 Å². The molecule has 0 unspecified atom stereocenters. The molecule has 0 N–H and O–H groups in total. The smallest absolute Gasteiger partial charge is 0.118 e. The molecule has 3 nitrogen and oxygen atoms in total. The van der Waals surface area contributed by atoms with Gasteiger partial charge in [0, 0.05) is 11.8 Å². The van der Waals surface area contributed by atoms with Crippen molar-refractivity contribution in [2.75, 3.05) is 7.11 Å². The van der Waals surface area contributed by atoms with E-state index in [1.54, 1.807) is 24.6 Å². The molecule has 21 heavy (non-hydrogen) atoms. The maximum Gasteiger partial charge on any atom is 0.118 e. The molecule has 0 fully saturated rings. The summed E-state index contributed by atoms with van der Waals surface area (Å²) >= 11 is 1.63. The van der Waals surface area contributed by atoms with Gasteiger partial charge in [0.15, 0.2) is 0 Å². The summed E-state index contributed by atoms with van der Waals surface area (Å²) in [7, 11) is 1.66. The predicted octanol–water partition coefficient (Wildman–Crippen LogP) is 4.64. The number of hydrogen-bond acceptors (Lipinski definition) is 4. The largest absolute Gasteiger partial charge is 0.497 e. The van der Waals surface area contributed by atoms with Crippen molar-refractivity contribution < 1.29 is 4.74 Å². The minimum Gasteiger partial charge on any atom is -0.497 e. The van der Waals surface area contributed by atoms with Crippen LogP contribution in [-0.2, 0) is 0 Å². The topological polar surface area (TPSA) is 34.5 Å². The Balaban J connectivity index is 2.53. The Hall–Kier alpha value is -2.20. The van der Waals surface area contributed by atoms with E-state index in [0.717, 1.165) is 32.6 Å². The minimum atomic E-state index is 0.834. The normalized spacial score (nSPS) is 11.9. The van der Waals surface area contributed by atoms with E-state index in [1.165, 1.54) is 0 Å². The lowest BCUT2D eigenvalue weighted by Crippen LogP contribution is -1.96. The number of aryl methyl sites for hydroxylation is 1. The number of benzene rings is 1. The average Bonchev–Trinajstić information content (AvgIpc) is 2.89. The zero-order valence-electron chi connectivity index (χ0n) is 12.5. The zero-order valence-corrected chi connectivity index (χ0v) is 13.3. The monoisotopic (exact) mass is 298 g/mol. The molecule has 0 aliphatic heterocycles. The van der Waals surface area contributed by atoms with Gasteiger partial charge in [0.05, 0.1) is 28.4 Å². The summed E-state index contributed by atoms with van der Waals surface area (Å²) < 4.78 is 5.20. The second-order valence-electron chi connectivity index (χ2n) is 4.34. The maximum atomic E-state index is 5.20. The van der Waals surface area contributed by atoms with E-state index in [4.69, 9.17) is 4.74 Å². The van der Waals surface area contributed by atoms with Crippen molar-refractivity contribution in [3.63, 3.8) is 0 Å². The molecule has 1 aromatic carbocycles. The summed E-state index contributed by atoms with van der Waals surface area (Å²) in [4.78, 5) is 10.1. The Morgan fingerprint density at radius 2 is 2.05 bits per heavy atom. The molecule has 0 saturated heterocycles. The molecule has 1 aromatic heterocycles. The third-order valence-corrected chi connectivity index (χ3v) is 3.88.